The lowest BCUT2D eigenvalue weighted by molar-refractivity contribution is 0.661. The van der Waals surface area contributed by atoms with Crippen LogP contribution in [0.2, 0.25) is 0 Å². The summed E-state index contributed by atoms with van der Waals surface area (Å²) in [5.41, 5.74) is 29.4. The molecule has 13 heteroatoms. The molecule has 0 bridgehead atoms. The molecule has 13 nitrogen and oxygen atoms in total. The highest BCUT2D eigenvalue weighted by Crippen LogP contribution is 2.54. The molecule has 0 spiro atoms. The van der Waals surface area contributed by atoms with Gasteiger partial charge in [-0.2, -0.15) is 0 Å². The monoisotopic (exact) mass is 1690 g/mol. The summed E-state index contributed by atoms with van der Waals surface area (Å²) < 4.78 is 7.30. The fraction of sp³-hybridized carbons (Fsp3) is 0.0252. The molecule has 24 aromatic rings. The summed E-state index contributed by atoms with van der Waals surface area (Å²) in [4.78, 5) is 54.6. The highest BCUT2D eigenvalue weighted by Gasteiger charge is 2.38. The van der Waals surface area contributed by atoms with Crippen LogP contribution >= 0.6 is 0 Å². The Morgan fingerprint density at radius 1 is 0.189 bits per heavy atom. The van der Waals surface area contributed by atoms with Gasteiger partial charge in [-0.05, 0) is 119 Å². The van der Waals surface area contributed by atoms with Gasteiger partial charge in [-0.1, -0.05) is 354 Å². The minimum atomic E-state index is -0.266. The fourth-order valence-electron chi connectivity index (χ4n) is 19.7. The molecule has 25 rings (SSSR count). The maximum absolute atomic E-state index is 5.77. The number of fused-ring (bicyclic) bond motifs is 14. The Hall–Kier alpha value is -17.7. The molecular formula is C119H77N13. The SMILES string of the molecule is CC1(C)c2ccccc2-c2c1ccc1c3ccccc3n(-c3ccc(-c4nc(-c5ccccc5)nc(-c5ccccc5)n4)cc3-c3nc(-c4ccccc4)cc(-c4ccc(-c5cccc(-c6nc(-c7ccccc7)nc(-c7ccc(-n8c9ccccc9c9ccc%10c(c%11ccccc%11n%10-c%10ccccc%10)c98)c(-c8cc(-c9ccccc9)nc(-c9ccccc9)n8)c7)n6)c5)cc4)n3)c21. The third-order valence-corrected chi connectivity index (χ3v) is 26.0. The van der Waals surface area contributed by atoms with Crippen molar-refractivity contribution in [3.63, 3.8) is 0 Å². The van der Waals surface area contributed by atoms with Gasteiger partial charge in [-0.3, -0.25) is 0 Å². The number of nitrogens with zero attached hydrogens (tertiary/aromatic N) is 13. The average Bonchev–Trinajstić information content (AvgIpc) is 1.50. The van der Waals surface area contributed by atoms with Crippen LogP contribution in [0, 0.1) is 0 Å². The standard InChI is InChI=1S/C119H77N13/c1-119(2)95-53-28-24-51-91(95)107-96(119)65-63-89-87-49-25-30-55-102(87)132(109(89)107)105-67-62-85(117-126-112(79-39-16-6-17-40-79)124-113(127-117)80-41-18-7-19-42-80)71-94(105)118-121-97(75-33-10-3-11-34-75)72-98(122-118)77-59-57-74(58-60-77)82-45-32-46-83(69-82)115-125-114(81-43-20-8-21-44-81)128-116(129-115)84-61-66-104(93(70-84)100-73-99(76-35-12-4-13-36-76)120-111(123-100)78-37-14-5-15-38-78)131-101-54-29-26-50-88(101)90-64-68-106-108(110(90)131)92-52-27-31-56-103(92)130(106)86-47-22-9-23-48-86/h3-73H,1-2H3. The van der Waals surface area contributed by atoms with Crippen LogP contribution in [-0.4, -0.2) is 63.5 Å². The van der Waals surface area contributed by atoms with E-state index in [1.165, 1.54) is 22.3 Å². The van der Waals surface area contributed by atoms with Crippen molar-refractivity contribution in [1.29, 1.82) is 0 Å². The maximum Gasteiger partial charge on any atom is 0.164 e. The van der Waals surface area contributed by atoms with Crippen molar-refractivity contribution in [3.8, 4) is 175 Å². The van der Waals surface area contributed by atoms with Gasteiger partial charge >= 0.3 is 0 Å². The molecule has 17 aromatic carbocycles. The number of hydrogen-bond acceptors (Lipinski definition) is 10. The van der Waals surface area contributed by atoms with E-state index < -0.39 is 0 Å². The molecule has 132 heavy (non-hydrogen) atoms. The Balaban J connectivity index is 0.648. The third kappa shape index (κ3) is 13.1. The van der Waals surface area contributed by atoms with E-state index >= 15 is 0 Å². The Labute approximate surface area is 760 Å². The van der Waals surface area contributed by atoms with Crippen LogP contribution in [0.15, 0.2) is 431 Å². The van der Waals surface area contributed by atoms with Gasteiger partial charge in [0.05, 0.1) is 67.3 Å². The molecule has 618 valence electrons. The molecule has 1 aliphatic rings. The number of hydrogen-bond donors (Lipinski definition) is 0. The van der Waals surface area contributed by atoms with Crippen LogP contribution in [0.5, 0.6) is 0 Å². The molecule has 0 fully saturated rings. The molecule has 0 atom stereocenters. The second-order valence-electron chi connectivity index (χ2n) is 34.2. The summed E-state index contributed by atoms with van der Waals surface area (Å²) in [6.45, 7) is 4.69. The molecule has 0 N–H and O–H groups in total. The Bertz CT molecular complexity index is 8580. The summed E-state index contributed by atoms with van der Waals surface area (Å²) in [7, 11) is 0. The zero-order valence-electron chi connectivity index (χ0n) is 71.8. The zero-order chi connectivity index (χ0) is 87.5. The molecule has 1 aliphatic carbocycles. The van der Waals surface area contributed by atoms with Gasteiger partial charge in [-0.15, -0.1) is 0 Å². The predicted octanol–water partition coefficient (Wildman–Crippen LogP) is 28.9. The van der Waals surface area contributed by atoms with E-state index in [0.717, 1.165) is 183 Å². The Morgan fingerprint density at radius 3 is 1.08 bits per heavy atom. The lowest BCUT2D eigenvalue weighted by Gasteiger charge is -2.21. The smallest absolute Gasteiger partial charge is 0.164 e. The molecule has 7 heterocycles. The van der Waals surface area contributed by atoms with Gasteiger partial charge in [0.2, 0.25) is 0 Å². The summed E-state index contributed by atoms with van der Waals surface area (Å²) in [6, 6.07) is 151. The molecule has 0 saturated heterocycles. The molecule has 0 amide bonds. The van der Waals surface area contributed by atoms with Crippen molar-refractivity contribution in [3.05, 3.63) is 442 Å². The van der Waals surface area contributed by atoms with Crippen molar-refractivity contribution in [1.82, 2.24) is 63.5 Å². The van der Waals surface area contributed by atoms with Crippen molar-refractivity contribution in [2.45, 2.75) is 19.3 Å². The number of para-hydroxylation sites is 4. The predicted molar refractivity (Wildman–Crippen MR) is 536 cm³/mol. The minimum absolute atomic E-state index is 0.266. The molecule has 0 saturated carbocycles. The largest absolute Gasteiger partial charge is 0.309 e. The van der Waals surface area contributed by atoms with Gasteiger partial charge < -0.3 is 13.7 Å². The van der Waals surface area contributed by atoms with Crippen LogP contribution in [0.1, 0.15) is 25.0 Å². The van der Waals surface area contributed by atoms with Crippen LogP contribution in [0.3, 0.4) is 0 Å². The first-order valence-corrected chi connectivity index (χ1v) is 44.5. The van der Waals surface area contributed by atoms with E-state index in [1.54, 1.807) is 0 Å². The lowest BCUT2D eigenvalue weighted by atomic mass is 9.82. The summed E-state index contributed by atoms with van der Waals surface area (Å²) in [5, 5.41) is 6.83. The van der Waals surface area contributed by atoms with E-state index in [-0.39, 0.29) is 5.41 Å². The van der Waals surface area contributed by atoms with Gasteiger partial charge in [0.25, 0.3) is 0 Å². The Morgan fingerprint density at radius 2 is 0.545 bits per heavy atom. The number of aromatic nitrogens is 13. The second-order valence-corrected chi connectivity index (χ2v) is 34.2. The number of benzene rings is 17. The van der Waals surface area contributed by atoms with Crippen LogP contribution in [0.4, 0.5) is 0 Å². The van der Waals surface area contributed by atoms with Gasteiger partial charge in [-0.25, -0.2) is 49.8 Å². The van der Waals surface area contributed by atoms with Gasteiger partial charge in [0.1, 0.15) is 0 Å². The van der Waals surface area contributed by atoms with E-state index in [2.05, 4.69) is 349 Å². The highest BCUT2D eigenvalue weighted by atomic mass is 15.1. The number of rotatable bonds is 16. The first-order chi connectivity index (χ1) is 65.2. The van der Waals surface area contributed by atoms with Crippen LogP contribution in [0.25, 0.3) is 241 Å². The maximum atomic E-state index is 5.77. The average molecular weight is 1690 g/mol. The van der Waals surface area contributed by atoms with E-state index in [9.17, 15) is 0 Å². The van der Waals surface area contributed by atoms with Crippen molar-refractivity contribution in [2.24, 2.45) is 0 Å². The molecule has 0 radical (unpaired) electrons. The molecule has 0 aliphatic heterocycles. The summed E-state index contributed by atoms with van der Waals surface area (Å²) in [6.07, 6.45) is 0. The highest BCUT2D eigenvalue weighted by molar-refractivity contribution is 6.26. The molecular weight excluding hydrogens is 1610 g/mol. The first kappa shape index (κ1) is 76.7. The third-order valence-electron chi connectivity index (χ3n) is 26.0. The molecule has 0 unspecified atom stereocenters. The normalized spacial score (nSPS) is 12.2. The zero-order valence-corrected chi connectivity index (χ0v) is 71.8. The van der Waals surface area contributed by atoms with Crippen LogP contribution in [-0.2, 0) is 5.41 Å². The van der Waals surface area contributed by atoms with E-state index in [1.807, 2.05) is 109 Å². The Kier molecular flexibility index (Phi) is 18.3. The minimum Gasteiger partial charge on any atom is -0.309 e. The molecule has 7 aromatic heterocycles. The summed E-state index contributed by atoms with van der Waals surface area (Å²) in [5.74, 6) is 4.29. The first-order valence-electron chi connectivity index (χ1n) is 44.5. The van der Waals surface area contributed by atoms with Crippen molar-refractivity contribution in [2.75, 3.05) is 0 Å². The van der Waals surface area contributed by atoms with Gasteiger partial charge in [0, 0.05) is 116 Å². The van der Waals surface area contributed by atoms with Crippen LogP contribution < -0.4 is 0 Å². The van der Waals surface area contributed by atoms with Crippen molar-refractivity contribution >= 4 is 65.4 Å². The van der Waals surface area contributed by atoms with E-state index in [0.29, 0.717) is 46.6 Å². The fourth-order valence-corrected chi connectivity index (χ4v) is 19.7. The topological polar surface area (TPSA) is 144 Å². The quantitative estimate of drug-likeness (QED) is 0.0917. The summed E-state index contributed by atoms with van der Waals surface area (Å²) >= 11 is 0. The van der Waals surface area contributed by atoms with Gasteiger partial charge in [0.15, 0.2) is 46.6 Å². The van der Waals surface area contributed by atoms with Crippen molar-refractivity contribution < 1.29 is 0 Å². The lowest BCUT2D eigenvalue weighted by Crippen LogP contribution is -2.14. The second kappa shape index (κ2) is 31.4. The van der Waals surface area contributed by atoms with E-state index in [4.69, 9.17) is 49.8 Å².